The molecule has 1 N–H and O–H groups in total. The van der Waals surface area contributed by atoms with Crippen LogP contribution in [-0.2, 0) is 14.8 Å². The summed E-state index contributed by atoms with van der Waals surface area (Å²) < 4.78 is 26.5. The van der Waals surface area contributed by atoms with Crippen molar-refractivity contribution in [2.45, 2.75) is 10.9 Å². The summed E-state index contributed by atoms with van der Waals surface area (Å²) in [5.41, 5.74) is 0. The standard InChI is InChI=1S/C12H18N4O3S/c1-15(2)12(17)11-9-14-6-7-16(11)20(18,19)10-4-3-5-13-8-10/h3-5,8,11,14H,6-7,9H2,1-2H3. The van der Waals surface area contributed by atoms with Crippen LogP contribution in [0.5, 0.6) is 0 Å². The first-order chi connectivity index (χ1) is 9.44. The molecule has 0 aromatic carbocycles. The number of carbonyl (C=O) groups excluding carboxylic acids is 1. The molecule has 2 rings (SSSR count). The first kappa shape index (κ1) is 14.9. The second-order valence-corrected chi connectivity index (χ2v) is 6.65. The summed E-state index contributed by atoms with van der Waals surface area (Å²) >= 11 is 0. The van der Waals surface area contributed by atoms with Gasteiger partial charge < -0.3 is 10.2 Å². The van der Waals surface area contributed by atoms with Crippen LogP contribution in [0.2, 0.25) is 0 Å². The summed E-state index contributed by atoms with van der Waals surface area (Å²) in [5, 5.41) is 3.05. The fourth-order valence-corrected chi connectivity index (χ4v) is 3.66. The van der Waals surface area contributed by atoms with Crippen molar-refractivity contribution in [2.24, 2.45) is 0 Å². The SMILES string of the molecule is CN(C)C(=O)C1CNCCN1S(=O)(=O)c1cccnc1. The van der Waals surface area contributed by atoms with Crippen molar-refractivity contribution in [1.29, 1.82) is 0 Å². The molecule has 1 aromatic rings. The normalized spacial score (nSPS) is 20.6. The highest BCUT2D eigenvalue weighted by Crippen LogP contribution is 2.19. The molecule has 1 amide bonds. The van der Waals surface area contributed by atoms with E-state index in [1.54, 1.807) is 20.2 Å². The lowest BCUT2D eigenvalue weighted by Crippen LogP contribution is -2.59. The molecule has 7 nitrogen and oxygen atoms in total. The average Bonchev–Trinajstić information content (AvgIpc) is 2.47. The second-order valence-electron chi connectivity index (χ2n) is 4.76. The van der Waals surface area contributed by atoms with Gasteiger partial charge in [-0.2, -0.15) is 4.31 Å². The van der Waals surface area contributed by atoms with Gasteiger partial charge in [0.05, 0.1) is 0 Å². The van der Waals surface area contributed by atoms with Gasteiger partial charge in [0, 0.05) is 46.1 Å². The Morgan fingerprint density at radius 2 is 2.25 bits per heavy atom. The maximum atomic E-state index is 12.6. The Morgan fingerprint density at radius 3 is 2.85 bits per heavy atom. The predicted octanol–water partition coefficient (Wildman–Crippen LogP) is -0.868. The van der Waals surface area contributed by atoms with Crippen LogP contribution < -0.4 is 5.32 Å². The quantitative estimate of drug-likeness (QED) is 0.784. The van der Waals surface area contributed by atoms with E-state index in [1.165, 1.54) is 27.7 Å². The topological polar surface area (TPSA) is 82.6 Å². The molecule has 2 heterocycles. The molecule has 1 aromatic heterocycles. The van der Waals surface area contributed by atoms with Gasteiger partial charge in [0.25, 0.3) is 0 Å². The van der Waals surface area contributed by atoms with E-state index in [1.807, 2.05) is 0 Å². The highest BCUT2D eigenvalue weighted by atomic mass is 32.2. The molecule has 1 atom stereocenters. The van der Waals surface area contributed by atoms with Crippen molar-refractivity contribution in [1.82, 2.24) is 19.5 Å². The largest absolute Gasteiger partial charge is 0.347 e. The molecular weight excluding hydrogens is 280 g/mol. The van der Waals surface area contributed by atoms with E-state index < -0.39 is 16.1 Å². The Balaban J connectivity index is 2.35. The zero-order valence-electron chi connectivity index (χ0n) is 11.5. The van der Waals surface area contributed by atoms with Gasteiger partial charge in [-0.3, -0.25) is 9.78 Å². The maximum Gasteiger partial charge on any atom is 0.245 e. The monoisotopic (exact) mass is 298 g/mol. The predicted molar refractivity (Wildman–Crippen MR) is 73.5 cm³/mol. The number of nitrogens with one attached hydrogen (secondary N) is 1. The molecule has 0 saturated carbocycles. The molecular formula is C12H18N4O3S. The number of hydrogen-bond acceptors (Lipinski definition) is 5. The Morgan fingerprint density at radius 1 is 1.50 bits per heavy atom. The molecule has 0 aliphatic carbocycles. The van der Waals surface area contributed by atoms with E-state index in [4.69, 9.17) is 0 Å². The number of piperazine rings is 1. The number of hydrogen-bond donors (Lipinski definition) is 1. The zero-order valence-corrected chi connectivity index (χ0v) is 12.3. The second kappa shape index (κ2) is 5.86. The molecule has 8 heteroatoms. The number of pyridine rings is 1. The van der Waals surface area contributed by atoms with Gasteiger partial charge >= 0.3 is 0 Å². The third-order valence-electron chi connectivity index (χ3n) is 3.16. The number of nitrogens with zero attached hydrogens (tertiary/aromatic N) is 3. The first-order valence-electron chi connectivity index (χ1n) is 6.28. The van der Waals surface area contributed by atoms with Crippen molar-refractivity contribution in [3.63, 3.8) is 0 Å². The zero-order chi connectivity index (χ0) is 14.8. The highest BCUT2D eigenvalue weighted by Gasteiger charge is 2.38. The molecule has 0 bridgehead atoms. The number of likely N-dealkylation sites (N-methyl/N-ethyl adjacent to an activating group) is 1. The summed E-state index contributed by atoms with van der Waals surface area (Å²) in [6.07, 6.45) is 2.81. The highest BCUT2D eigenvalue weighted by molar-refractivity contribution is 7.89. The van der Waals surface area contributed by atoms with Crippen molar-refractivity contribution in [3.8, 4) is 0 Å². The third kappa shape index (κ3) is 2.82. The number of amides is 1. The van der Waals surface area contributed by atoms with Crippen LogP contribution in [0.15, 0.2) is 29.4 Å². The lowest BCUT2D eigenvalue weighted by Gasteiger charge is -2.35. The molecule has 0 spiro atoms. The van der Waals surface area contributed by atoms with Crippen molar-refractivity contribution in [3.05, 3.63) is 24.5 Å². The van der Waals surface area contributed by atoms with E-state index in [0.717, 1.165) is 0 Å². The summed E-state index contributed by atoms with van der Waals surface area (Å²) in [5.74, 6) is -0.232. The average molecular weight is 298 g/mol. The summed E-state index contributed by atoms with van der Waals surface area (Å²) in [6.45, 7) is 1.11. The minimum atomic E-state index is -3.71. The van der Waals surface area contributed by atoms with E-state index in [0.29, 0.717) is 13.1 Å². The van der Waals surface area contributed by atoms with Gasteiger partial charge in [-0.1, -0.05) is 0 Å². The fraction of sp³-hybridized carbons (Fsp3) is 0.500. The van der Waals surface area contributed by atoms with Crippen LogP contribution in [0.3, 0.4) is 0 Å². The Labute approximate surface area is 118 Å². The first-order valence-corrected chi connectivity index (χ1v) is 7.72. The molecule has 1 saturated heterocycles. The lowest BCUT2D eigenvalue weighted by atomic mass is 10.2. The third-order valence-corrected chi connectivity index (χ3v) is 5.05. The molecule has 110 valence electrons. The van der Waals surface area contributed by atoms with Gasteiger partial charge in [0.15, 0.2) is 0 Å². The van der Waals surface area contributed by atoms with Gasteiger partial charge in [-0.05, 0) is 12.1 Å². The Kier molecular flexibility index (Phi) is 4.36. The fourth-order valence-electron chi connectivity index (χ4n) is 2.12. The Bertz CT molecular complexity index is 574. The molecule has 1 aliphatic heterocycles. The summed E-state index contributed by atoms with van der Waals surface area (Å²) in [7, 11) is -0.473. The molecule has 1 unspecified atom stereocenters. The van der Waals surface area contributed by atoms with Gasteiger partial charge in [0.1, 0.15) is 10.9 Å². The molecule has 0 radical (unpaired) electrons. The number of sulfonamides is 1. The lowest BCUT2D eigenvalue weighted by molar-refractivity contribution is -0.133. The number of carbonyl (C=O) groups is 1. The molecule has 20 heavy (non-hydrogen) atoms. The molecule has 1 fully saturated rings. The van der Waals surface area contributed by atoms with Crippen LogP contribution in [0.4, 0.5) is 0 Å². The number of rotatable bonds is 3. The van der Waals surface area contributed by atoms with Crippen molar-refractivity contribution in [2.75, 3.05) is 33.7 Å². The van der Waals surface area contributed by atoms with E-state index in [-0.39, 0.29) is 17.3 Å². The summed E-state index contributed by atoms with van der Waals surface area (Å²) in [6, 6.07) is 2.34. The van der Waals surface area contributed by atoms with E-state index >= 15 is 0 Å². The minimum Gasteiger partial charge on any atom is -0.347 e. The van der Waals surface area contributed by atoms with Crippen molar-refractivity contribution >= 4 is 15.9 Å². The van der Waals surface area contributed by atoms with E-state index in [2.05, 4.69) is 10.3 Å². The van der Waals surface area contributed by atoms with Crippen LogP contribution >= 0.6 is 0 Å². The van der Waals surface area contributed by atoms with Gasteiger partial charge in [0.2, 0.25) is 15.9 Å². The van der Waals surface area contributed by atoms with Crippen LogP contribution in [-0.4, -0.2) is 68.3 Å². The Hall–Kier alpha value is -1.51. The van der Waals surface area contributed by atoms with Gasteiger partial charge in [-0.25, -0.2) is 8.42 Å². The van der Waals surface area contributed by atoms with Crippen LogP contribution in [0, 0.1) is 0 Å². The van der Waals surface area contributed by atoms with E-state index in [9.17, 15) is 13.2 Å². The minimum absolute atomic E-state index is 0.110. The van der Waals surface area contributed by atoms with Crippen LogP contribution in [0.25, 0.3) is 0 Å². The molecule has 1 aliphatic rings. The smallest absolute Gasteiger partial charge is 0.245 e. The van der Waals surface area contributed by atoms with Crippen LogP contribution in [0.1, 0.15) is 0 Å². The van der Waals surface area contributed by atoms with Gasteiger partial charge in [-0.15, -0.1) is 0 Å². The van der Waals surface area contributed by atoms with Crippen molar-refractivity contribution < 1.29 is 13.2 Å². The number of aromatic nitrogens is 1. The maximum absolute atomic E-state index is 12.6. The summed E-state index contributed by atoms with van der Waals surface area (Å²) in [4.78, 5) is 17.5.